The Morgan fingerprint density at radius 3 is 2.60 bits per heavy atom. The highest BCUT2D eigenvalue weighted by Gasteiger charge is 2.51. The summed E-state index contributed by atoms with van der Waals surface area (Å²) in [6.07, 6.45) is 9.20. The summed E-state index contributed by atoms with van der Waals surface area (Å²) >= 11 is 0. The highest BCUT2D eigenvalue weighted by molar-refractivity contribution is 5.01. The smallest absolute Gasteiger partial charge is 0.0591 e. The monoisotopic (exact) mass is 282 g/mol. The lowest BCUT2D eigenvalue weighted by molar-refractivity contribution is -0.0283. The molecule has 0 spiro atoms. The molecular formula is C18H34O2. The number of aliphatic hydroxyl groups excluding tert-OH is 1. The van der Waals surface area contributed by atoms with E-state index in [0.717, 1.165) is 31.1 Å². The number of hydrogen-bond acceptors (Lipinski definition) is 2. The van der Waals surface area contributed by atoms with Crippen molar-refractivity contribution in [1.82, 2.24) is 0 Å². The molecule has 0 amide bonds. The van der Waals surface area contributed by atoms with E-state index in [1.165, 1.54) is 32.1 Å². The van der Waals surface area contributed by atoms with Crippen LogP contribution in [0.3, 0.4) is 0 Å². The molecule has 0 aromatic heterocycles. The minimum Gasteiger partial charge on any atom is -0.393 e. The average Bonchev–Trinajstić information content (AvgIpc) is 2.66. The van der Waals surface area contributed by atoms with Gasteiger partial charge < -0.3 is 10.2 Å². The van der Waals surface area contributed by atoms with Gasteiger partial charge in [-0.15, -0.1) is 0 Å². The standard InChI is InChI=1S/C18H34O2/c1-13(7-5-11-17(2,3)20)14-9-10-15-16(19)8-6-12-18(14,15)4/h13-16,19-20H,5-12H2,1-4H3/t13-,14?,15?,16-,18?/m0/s1. The summed E-state index contributed by atoms with van der Waals surface area (Å²) < 4.78 is 0. The largest absolute Gasteiger partial charge is 0.393 e. The van der Waals surface area contributed by atoms with E-state index < -0.39 is 5.60 Å². The van der Waals surface area contributed by atoms with Crippen molar-refractivity contribution in [3.8, 4) is 0 Å². The molecule has 20 heavy (non-hydrogen) atoms. The second kappa shape index (κ2) is 5.96. The molecule has 2 aliphatic carbocycles. The number of fused-ring (bicyclic) bond motifs is 1. The third kappa shape index (κ3) is 3.39. The van der Waals surface area contributed by atoms with E-state index in [0.29, 0.717) is 11.3 Å². The molecule has 2 N–H and O–H groups in total. The van der Waals surface area contributed by atoms with Gasteiger partial charge >= 0.3 is 0 Å². The van der Waals surface area contributed by atoms with Crippen molar-refractivity contribution in [3.05, 3.63) is 0 Å². The van der Waals surface area contributed by atoms with Crippen molar-refractivity contribution in [2.45, 2.75) is 90.8 Å². The van der Waals surface area contributed by atoms with Crippen molar-refractivity contribution >= 4 is 0 Å². The minimum absolute atomic E-state index is 0.0534. The summed E-state index contributed by atoms with van der Waals surface area (Å²) in [5, 5.41) is 20.1. The van der Waals surface area contributed by atoms with Gasteiger partial charge in [0.15, 0.2) is 0 Å². The molecule has 0 aromatic carbocycles. The van der Waals surface area contributed by atoms with E-state index in [9.17, 15) is 10.2 Å². The summed E-state index contributed by atoms with van der Waals surface area (Å²) in [7, 11) is 0. The fourth-order valence-electron chi connectivity index (χ4n) is 5.18. The van der Waals surface area contributed by atoms with Crippen LogP contribution in [0.4, 0.5) is 0 Å². The van der Waals surface area contributed by atoms with Crippen LogP contribution in [-0.4, -0.2) is 21.9 Å². The van der Waals surface area contributed by atoms with Gasteiger partial charge in [0.2, 0.25) is 0 Å². The van der Waals surface area contributed by atoms with E-state index in [1.807, 2.05) is 13.8 Å². The first-order valence-electron chi connectivity index (χ1n) is 8.64. The van der Waals surface area contributed by atoms with Crippen LogP contribution in [0.25, 0.3) is 0 Å². The Morgan fingerprint density at radius 2 is 1.95 bits per heavy atom. The summed E-state index contributed by atoms with van der Waals surface area (Å²) in [5.41, 5.74) is -0.158. The van der Waals surface area contributed by atoms with Crippen molar-refractivity contribution < 1.29 is 10.2 Å². The molecule has 2 saturated carbocycles. The molecule has 2 aliphatic rings. The lowest BCUT2D eigenvalue weighted by Gasteiger charge is -2.45. The lowest BCUT2D eigenvalue weighted by Crippen LogP contribution is -2.41. The Hall–Kier alpha value is -0.0800. The molecule has 0 radical (unpaired) electrons. The highest BCUT2D eigenvalue weighted by atomic mass is 16.3. The fraction of sp³-hybridized carbons (Fsp3) is 1.00. The Balaban J connectivity index is 1.92. The Kier molecular flexibility index (Phi) is 4.86. The normalized spacial score (nSPS) is 39.6. The summed E-state index contributed by atoms with van der Waals surface area (Å²) in [6.45, 7) is 8.64. The van der Waals surface area contributed by atoms with Crippen molar-refractivity contribution in [1.29, 1.82) is 0 Å². The van der Waals surface area contributed by atoms with Crippen LogP contribution in [0.2, 0.25) is 0 Å². The zero-order valence-electron chi connectivity index (χ0n) is 13.9. The molecule has 0 saturated heterocycles. The van der Waals surface area contributed by atoms with Crippen LogP contribution in [0.5, 0.6) is 0 Å². The third-order valence-corrected chi connectivity index (χ3v) is 6.30. The van der Waals surface area contributed by atoms with Gasteiger partial charge in [0.05, 0.1) is 11.7 Å². The van der Waals surface area contributed by atoms with Gasteiger partial charge in [-0.3, -0.25) is 0 Å². The topological polar surface area (TPSA) is 40.5 Å². The molecule has 0 bridgehead atoms. The zero-order chi connectivity index (χ0) is 15.0. The van der Waals surface area contributed by atoms with Gasteiger partial charge in [-0.25, -0.2) is 0 Å². The van der Waals surface area contributed by atoms with Crippen LogP contribution in [0, 0.1) is 23.2 Å². The van der Waals surface area contributed by atoms with E-state index in [2.05, 4.69) is 13.8 Å². The molecule has 2 nitrogen and oxygen atoms in total. The minimum atomic E-state index is -0.525. The Morgan fingerprint density at radius 1 is 1.25 bits per heavy atom. The van der Waals surface area contributed by atoms with Crippen LogP contribution < -0.4 is 0 Å². The van der Waals surface area contributed by atoms with E-state index in [-0.39, 0.29) is 6.10 Å². The Labute approximate surface area is 125 Å². The van der Waals surface area contributed by atoms with Gasteiger partial charge in [0.1, 0.15) is 0 Å². The quantitative estimate of drug-likeness (QED) is 0.795. The molecule has 5 atom stereocenters. The summed E-state index contributed by atoms with van der Waals surface area (Å²) in [6, 6.07) is 0. The van der Waals surface area contributed by atoms with Crippen LogP contribution in [-0.2, 0) is 0 Å². The van der Waals surface area contributed by atoms with Gasteiger partial charge in [-0.05, 0) is 69.1 Å². The highest BCUT2D eigenvalue weighted by Crippen LogP contribution is 2.58. The molecule has 3 unspecified atom stereocenters. The summed E-state index contributed by atoms with van der Waals surface area (Å²) in [4.78, 5) is 0. The zero-order valence-corrected chi connectivity index (χ0v) is 13.9. The molecule has 118 valence electrons. The second-order valence-corrected chi connectivity index (χ2v) is 8.44. The molecule has 2 heteroatoms. The van der Waals surface area contributed by atoms with E-state index in [4.69, 9.17) is 0 Å². The number of hydrogen-bond donors (Lipinski definition) is 2. The van der Waals surface area contributed by atoms with Crippen LogP contribution in [0.15, 0.2) is 0 Å². The first-order chi connectivity index (χ1) is 9.24. The van der Waals surface area contributed by atoms with Gasteiger partial charge in [-0.2, -0.15) is 0 Å². The van der Waals surface area contributed by atoms with Crippen LogP contribution in [0.1, 0.15) is 79.1 Å². The van der Waals surface area contributed by atoms with Gasteiger partial charge in [0.25, 0.3) is 0 Å². The summed E-state index contributed by atoms with van der Waals surface area (Å²) in [5.74, 6) is 2.03. The van der Waals surface area contributed by atoms with Gasteiger partial charge in [-0.1, -0.05) is 33.1 Å². The molecule has 2 fully saturated rings. The van der Waals surface area contributed by atoms with Crippen molar-refractivity contribution in [3.63, 3.8) is 0 Å². The van der Waals surface area contributed by atoms with E-state index in [1.54, 1.807) is 0 Å². The van der Waals surface area contributed by atoms with Crippen molar-refractivity contribution in [2.24, 2.45) is 23.2 Å². The maximum Gasteiger partial charge on any atom is 0.0591 e. The maximum absolute atomic E-state index is 10.3. The van der Waals surface area contributed by atoms with Crippen molar-refractivity contribution in [2.75, 3.05) is 0 Å². The lowest BCUT2D eigenvalue weighted by atomic mass is 9.61. The molecule has 0 aromatic rings. The molecule has 2 rings (SSSR count). The average molecular weight is 282 g/mol. The predicted octanol–water partition coefficient (Wildman–Crippen LogP) is 4.14. The first-order valence-corrected chi connectivity index (χ1v) is 8.64. The number of aliphatic hydroxyl groups is 2. The molecular weight excluding hydrogens is 248 g/mol. The van der Waals surface area contributed by atoms with E-state index >= 15 is 0 Å². The first kappa shape index (κ1) is 16.3. The second-order valence-electron chi connectivity index (χ2n) is 8.44. The fourth-order valence-corrected chi connectivity index (χ4v) is 5.18. The molecule has 0 heterocycles. The SMILES string of the molecule is C[C@@H](CCCC(C)(C)O)C1CCC2[C@@H](O)CCCC12C. The van der Waals surface area contributed by atoms with Crippen LogP contribution >= 0.6 is 0 Å². The third-order valence-electron chi connectivity index (χ3n) is 6.30. The maximum atomic E-state index is 10.3. The van der Waals surface area contributed by atoms with Gasteiger partial charge in [0, 0.05) is 0 Å². The number of rotatable bonds is 5. The Bertz CT molecular complexity index is 320. The molecule has 0 aliphatic heterocycles. The predicted molar refractivity (Wildman–Crippen MR) is 83.5 cm³/mol.